The molecule has 70 heavy (non-hydrogen) atoms. The van der Waals surface area contributed by atoms with Crippen molar-refractivity contribution >= 4 is 24.1 Å². The van der Waals surface area contributed by atoms with Gasteiger partial charge in [-0.3, -0.25) is 14.4 Å². The first-order chi connectivity index (χ1) is 33.3. The van der Waals surface area contributed by atoms with Gasteiger partial charge in [-0.15, -0.1) is 28.9 Å². The number of amidine groups is 2. The molecule has 0 aliphatic heterocycles. The van der Waals surface area contributed by atoms with E-state index in [0.29, 0.717) is 43.0 Å². The fourth-order valence-electron chi connectivity index (χ4n) is 5.85. The molecule has 0 aromatic heterocycles. The van der Waals surface area contributed by atoms with Crippen LogP contribution in [0.15, 0.2) is 96.2 Å². The smallest absolute Gasteiger partial charge is 0.785 e. The largest absolute Gasteiger partial charge is 1.00 e. The third-order valence-corrected chi connectivity index (χ3v) is 10.0. The Morgan fingerprint density at radius 2 is 1.21 bits per heavy atom. The van der Waals surface area contributed by atoms with Gasteiger partial charge in [0, 0.05) is 43.7 Å². The van der Waals surface area contributed by atoms with Gasteiger partial charge >= 0.3 is 57.4 Å². The molecule has 4 fully saturated rings. The molecular formula is C50H92KN13O6. The van der Waals surface area contributed by atoms with Crippen LogP contribution < -0.4 is 102 Å². The van der Waals surface area contributed by atoms with Crippen molar-refractivity contribution in [3.63, 3.8) is 0 Å². The van der Waals surface area contributed by atoms with E-state index in [-0.39, 0.29) is 57.4 Å². The van der Waals surface area contributed by atoms with Crippen molar-refractivity contribution in [1.82, 2.24) is 37.5 Å². The molecule has 2 aromatic rings. The van der Waals surface area contributed by atoms with E-state index in [2.05, 4.69) is 62.4 Å². The van der Waals surface area contributed by atoms with E-state index < -0.39 is 0 Å². The van der Waals surface area contributed by atoms with Crippen LogP contribution in [-0.2, 0) is 19.2 Å². The van der Waals surface area contributed by atoms with E-state index in [0.717, 1.165) is 73.6 Å². The van der Waals surface area contributed by atoms with Crippen molar-refractivity contribution in [1.29, 1.82) is 0 Å². The van der Waals surface area contributed by atoms with Crippen molar-refractivity contribution in [2.24, 2.45) is 39.3 Å². The predicted molar refractivity (Wildman–Crippen MR) is 282 cm³/mol. The Kier molecular flexibility index (Phi) is 52.7. The SMILES string of the molecule is C1CCC(ONNC2CC2)C1.C=CCCCCN(C)O.C=CCCCCN(C)[O-].CC1CCCC1.CCOC(C)=O.NN/N=C(\N)c1ccccc1.NN/N=C(\N)c1ccccc1.O=CNC1CC1.[K+]. The zero-order chi connectivity index (χ0) is 51.8. The molecule has 4 aliphatic carbocycles. The number of carbonyl (C=O) groups is 2. The van der Waals surface area contributed by atoms with Gasteiger partial charge in [-0.1, -0.05) is 118 Å². The number of unbranched alkanes of at least 4 members (excludes halogenated alkanes) is 4. The summed E-state index contributed by atoms with van der Waals surface area (Å²) < 4.78 is 4.40. The third kappa shape index (κ3) is 52.5. The maximum Gasteiger partial charge on any atom is 1.00 e. The number of esters is 1. The van der Waals surface area contributed by atoms with Crippen molar-refractivity contribution in [3.8, 4) is 0 Å². The van der Waals surface area contributed by atoms with Gasteiger partial charge in [-0.05, 0) is 103 Å². The second kappa shape index (κ2) is 52.0. The Morgan fingerprint density at radius 3 is 1.51 bits per heavy atom. The van der Waals surface area contributed by atoms with Crippen molar-refractivity contribution in [2.75, 3.05) is 33.8 Å². The third-order valence-electron chi connectivity index (χ3n) is 10.0. The summed E-state index contributed by atoms with van der Waals surface area (Å²) in [6.07, 6.45) is 27.3. The number of ether oxygens (including phenoxy) is 1. The number of allylic oxidation sites excluding steroid dienone is 2. The van der Waals surface area contributed by atoms with E-state index >= 15 is 0 Å². The standard InChI is InChI=1S/C8H16N2O.2C7H10N4.C7H15NO.C7H14NO.C6H12.C4H7NO.C4H8O2.K/c1-2-4-8(3-1)11-10-9-7-5-6-7;2*8-7(10-11-9)6-4-2-1-3-5-6;2*1-3-4-5-6-7-8(2)9;1-6-4-2-3-5-6;6-3-5-4-1-2-4;1-3-6-4(2)5;/h7-10H,1-6H2;2*1-5,11H,9H2,(H2,8,10);3,9H,1,4-7H2,2H3;3H,1,4-7H2,2H3;6H,2-5H2,1H3;3-4H,1-2H2,(H,5,6);3H2,1-2H3;/q;;;;-1;;;;+1. The zero-order valence-corrected chi connectivity index (χ0v) is 46.8. The van der Waals surface area contributed by atoms with Crippen LogP contribution in [0.5, 0.6) is 0 Å². The molecule has 0 spiro atoms. The summed E-state index contributed by atoms with van der Waals surface area (Å²) in [5.74, 6) is 11.5. The minimum atomic E-state index is -0.211. The normalized spacial score (nSPS) is 14.8. The van der Waals surface area contributed by atoms with Gasteiger partial charge in [0.05, 0.1) is 12.7 Å². The molecule has 0 radical (unpaired) electrons. The quantitative estimate of drug-likeness (QED) is 0.00981. The number of amides is 1. The average Bonchev–Trinajstić information content (AvgIpc) is 4.24. The van der Waals surface area contributed by atoms with Gasteiger partial charge in [-0.2, -0.15) is 5.06 Å². The molecule has 0 heterocycles. The number of hydrogen-bond donors (Lipinski definition) is 10. The summed E-state index contributed by atoms with van der Waals surface area (Å²) in [6.45, 7) is 14.6. The Balaban J connectivity index is -0.000000740. The number of hydroxylamine groups is 4. The monoisotopic (exact) mass is 1010 g/mol. The molecule has 0 saturated heterocycles. The first-order valence-electron chi connectivity index (χ1n) is 24.5. The molecule has 0 bridgehead atoms. The number of carbonyl (C=O) groups excluding carboxylic acids is 2. The first kappa shape index (κ1) is 70.9. The Labute approximate surface area is 463 Å². The number of benzene rings is 2. The number of hydrogen-bond acceptors (Lipinski definition) is 16. The van der Waals surface area contributed by atoms with Crippen LogP contribution in [0.2, 0.25) is 0 Å². The summed E-state index contributed by atoms with van der Waals surface area (Å²) in [5.41, 5.74) is 22.9. The van der Waals surface area contributed by atoms with Gasteiger partial charge in [0.1, 0.15) is 0 Å². The zero-order valence-electron chi connectivity index (χ0n) is 43.7. The Bertz CT molecular complexity index is 1470. The molecule has 4 aliphatic rings. The van der Waals surface area contributed by atoms with Crippen LogP contribution in [-0.4, -0.2) is 91.4 Å². The fraction of sp³-hybridized carbons (Fsp3) is 0.600. The molecule has 4 saturated carbocycles. The molecule has 2 aromatic carbocycles. The molecule has 20 heteroatoms. The maximum atomic E-state index is 10.3. The van der Waals surface area contributed by atoms with Crippen LogP contribution in [0.25, 0.3) is 0 Å². The van der Waals surface area contributed by atoms with Crippen LogP contribution in [0.4, 0.5) is 0 Å². The van der Waals surface area contributed by atoms with E-state index in [4.69, 9.17) is 33.2 Å². The van der Waals surface area contributed by atoms with Crippen LogP contribution in [0.1, 0.15) is 147 Å². The van der Waals surface area contributed by atoms with E-state index in [1.54, 1.807) is 21.0 Å². The van der Waals surface area contributed by atoms with Crippen LogP contribution in [0, 0.1) is 11.1 Å². The number of nitrogens with two attached hydrogens (primary N) is 4. The molecule has 19 nitrogen and oxygen atoms in total. The van der Waals surface area contributed by atoms with Crippen molar-refractivity contribution in [2.45, 2.75) is 155 Å². The fourth-order valence-corrected chi connectivity index (χ4v) is 5.85. The minimum absolute atomic E-state index is 0. The summed E-state index contributed by atoms with van der Waals surface area (Å²) in [7, 11) is 3.21. The van der Waals surface area contributed by atoms with Gasteiger partial charge < -0.3 is 37.0 Å². The summed E-state index contributed by atoms with van der Waals surface area (Å²) >= 11 is 0. The number of hydrazone groups is 2. The second-order valence-corrected chi connectivity index (χ2v) is 16.7. The number of rotatable bonds is 21. The number of hydrazine groups is 3. The van der Waals surface area contributed by atoms with E-state index in [9.17, 15) is 14.8 Å². The van der Waals surface area contributed by atoms with Gasteiger partial charge in [-0.25, -0.2) is 28.2 Å². The minimum Gasteiger partial charge on any atom is -0.785 e. The van der Waals surface area contributed by atoms with E-state index in [1.807, 2.05) is 72.8 Å². The van der Waals surface area contributed by atoms with Gasteiger partial charge in [0.25, 0.3) is 0 Å². The molecular weight excluding hydrogens is 918 g/mol. The molecule has 0 atom stereocenters. The molecule has 0 unspecified atom stereocenters. The summed E-state index contributed by atoms with van der Waals surface area (Å²) in [5, 5.41) is 31.0. The summed E-state index contributed by atoms with van der Waals surface area (Å²) in [6, 6.07) is 20.0. The van der Waals surface area contributed by atoms with Crippen LogP contribution in [0.3, 0.4) is 0 Å². The predicted octanol–water partition coefficient (Wildman–Crippen LogP) is 3.76. The van der Waals surface area contributed by atoms with Crippen molar-refractivity contribution in [3.05, 3.63) is 102 Å². The average molecular weight is 1010 g/mol. The topological polar surface area (TPSA) is 291 Å². The van der Waals surface area contributed by atoms with Crippen molar-refractivity contribution < 1.29 is 75.8 Å². The second-order valence-electron chi connectivity index (χ2n) is 16.7. The first-order valence-corrected chi connectivity index (χ1v) is 24.5. The van der Waals surface area contributed by atoms with Gasteiger partial charge in [0.2, 0.25) is 6.41 Å². The Hall–Kier alpha value is -3.32. The van der Waals surface area contributed by atoms with E-state index in [1.165, 1.54) is 89.0 Å². The Morgan fingerprint density at radius 1 is 0.771 bits per heavy atom. The summed E-state index contributed by atoms with van der Waals surface area (Å²) in [4.78, 5) is 24.8. The van der Waals surface area contributed by atoms with Gasteiger partial charge in [0.15, 0.2) is 11.7 Å². The van der Waals surface area contributed by atoms with Crippen LogP contribution >= 0.6 is 0 Å². The molecule has 6 rings (SSSR count). The molecule has 1 amide bonds. The molecule has 14 N–H and O–H groups in total. The molecule has 394 valence electrons. The maximum absolute atomic E-state index is 10.3. The number of nitrogens with zero attached hydrogens (tertiary/aromatic N) is 4. The number of nitrogens with one attached hydrogen (secondary N) is 5.